The van der Waals surface area contributed by atoms with Gasteiger partial charge in [0.15, 0.2) is 0 Å². The molecule has 1 rings (SSSR count). The van der Waals surface area contributed by atoms with E-state index in [4.69, 9.17) is 0 Å². The van der Waals surface area contributed by atoms with E-state index in [1.165, 1.54) is 0 Å². The van der Waals surface area contributed by atoms with E-state index in [-0.39, 0.29) is 6.03 Å². The minimum absolute atomic E-state index is 0.214. The van der Waals surface area contributed by atoms with Crippen molar-refractivity contribution >= 4 is 11.7 Å². The molecule has 0 atom stereocenters. The lowest BCUT2D eigenvalue weighted by atomic mass is 10.1. The number of rotatable bonds is 3. The molecule has 2 N–H and O–H groups in total. The second-order valence-corrected chi connectivity index (χ2v) is 3.11. The molecule has 2 amide bonds. The summed E-state index contributed by atoms with van der Waals surface area (Å²) in [6.45, 7) is 3.91. The zero-order valence-electron chi connectivity index (χ0n) is 9.08. The number of urea groups is 1. The van der Waals surface area contributed by atoms with Crippen LogP contribution in [0.1, 0.15) is 19.4 Å². The summed E-state index contributed by atoms with van der Waals surface area (Å²) in [5.74, 6) is 0. The third-order valence-corrected chi connectivity index (χ3v) is 2.03. The van der Waals surface area contributed by atoms with Crippen LogP contribution in [0.2, 0.25) is 0 Å². The number of carbonyl (C=O) groups is 1. The van der Waals surface area contributed by atoms with Crippen molar-refractivity contribution in [3.63, 3.8) is 0 Å². The molecule has 0 radical (unpaired) electrons. The maximum atomic E-state index is 11.4. The van der Waals surface area contributed by atoms with E-state index < -0.39 is 0 Å². The molecule has 1 aromatic carbocycles. The van der Waals surface area contributed by atoms with Gasteiger partial charge in [0.25, 0.3) is 0 Å². The monoisotopic (exact) mass is 204 g/mol. The Morgan fingerprint density at radius 2 is 2.13 bits per heavy atom. The van der Waals surface area contributed by atoms with Gasteiger partial charge in [-0.05, 0) is 25.0 Å². The van der Waals surface area contributed by atoms with Gasteiger partial charge >= 0.3 is 6.03 Å². The highest BCUT2D eigenvalue weighted by atomic mass is 16.2. The van der Waals surface area contributed by atoms with Gasteiger partial charge in [-0.25, -0.2) is 4.79 Å². The number of allylic oxidation sites excluding steroid dienone is 1. The number of anilines is 1. The first-order valence-electron chi connectivity index (χ1n) is 5.04. The van der Waals surface area contributed by atoms with Crippen LogP contribution in [-0.2, 0) is 6.42 Å². The van der Waals surface area contributed by atoms with Crippen molar-refractivity contribution in [3.05, 3.63) is 42.1 Å². The molecule has 0 bridgehead atoms. The first-order valence-corrected chi connectivity index (χ1v) is 5.04. The lowest BCUT2D eigenvalue weighted by molar-refractivity contribution is 0.255. The number of carbonyl (C=O) groups excluding carboxylic acids is 1. The van der Waals surface area contributed by atoms with Crippen molar-refractivity contribution < 1.29 is 4.79 Å². The average Bonchev–Trinajstić information content (AvgIpc) is 2.27. The zero-order chi connectivity index (χ0) is 11.1. The quantitative estimate of drug-likeness (QED) is 0.781. The molecule has 0 aliphatic heterocycles. The fraction of sp³-hybridized carbons (Fsp3) is 0.250. The van der Waals surface area contributed by atoms with Crippen LogP contribution in [-0.4, -0.2) is 6.03 Å². The van der Waals surface area contributed by atoms with Crippen molar-refractivity contribution in [1.82, 2.24) is 5.32 Å². The maximum absolute atomic E-state index is 11.4. The first kappa shape index (κ1) is 11.3. The summed E-state index contributed by atoms with van der Waals surface area (Å²) in [5.41, 5.74) is 2.00. The predicted molar refractivity (Wildman–Crippen MR) is 62.8 cm³/mol. The molecular formula is C12H16N2O. The van der Waals surface area contributed by atoms with Gasteiger partial charge in [-0.1, -0.05) is 31.2 Å². The van der Waals surface area contributed by atoms with Gasteiger partial charge in [-0.2, -0.15) is 0 Å². The highest BCUT2D eigenvalue weighted by Crippen LogP contribution is 2.14. The second-order valence-electron chi connectivity index (χ2n) is 3.11. The van der Waals surface area contributed by atoms with Crippen LogP contribution in [0.4, 0.5) is 10.5 Å². The minimum atomic E-state index is -0.214. The van der Waals surface area contributed by atoms with Crippen molar-refractivity contribution in [1.29, 1.82) is 0 Å². The number of nitrogens with one attached hydrogen (secondary N) is 2. The number of para-hydroxylation sites is 1. The van der Waals surface area contributed by atoms with Crippen LogP contribution in [0, 0.1) is 0 Å². The molecule has 15 heavy (non-hydrogen) atoms. The summed E-state index contributed by atoms with van der Waals surface area (Å²) in [6, 6.07) is 7.56. The molecule has 0 aromatic heterocycles. The normalized spacial score (nSPS) is 10.3. The molecule has 0 aliphatic carbocycles. The van der Waals surface area contributed by atoms with Gasteiger partial charge in [0.2, 0.25) is 0 Å². The van der Waals surface area contributed by atoms with Gasteiger partial charge in [0.05, 0.1) is 0 Å². The van der Waals surface area contributed by atoms with Gasteiger partial charge in [-0.3, -0.25) is 0 Å². The number of hydrogen-bond donors (Lipinski definition) is 2. The van der Waals surface area contributed by atoms with Crippen molar-refractivity contribution in [3.8, 4) is 0 Å². The molecule has 0 heterocycles. The summed E-state index contributed by atoms with van der Waals surface area (Å²) in [4.78, 5) is 11.4. The van der Waals surface area contributed by atoms with Crippen LogP contribution in [0.5, 0.6) is 0 Å². The van der Waals surface area contributed by atoms with Crippen LogP contribution < -0.4 is 10.6 Å². The summed E-state index contributed by atoms with van der Waals surface area (Å²) >= 11 is 0. The fourth-order valence-electron chi connectivity index (χ4n) is 1.27. The van der Waals surface area contributed by atoms with Crippen LogP contribution >= 0.6 is 0 Å². The van der Waals surface area contributed by atoms with Gasteiger partial charge in [0.1, 0.15) is 0 Å². The Morgan fingerprint density at radius 1 is 1.40 bits per heavy atom. The summed E-state index contributed by atoms with van der Waals surface area (Å²) < 4.78 is 0. The minimum Gasteiger partial charge on any atom is -0.315 e. The number of benzene rings is 1. The Morgan fingerprint density at radius 3 is 2.80 bits per heavy atom. The SMILES string of the molecule is C/C=C/NC(=O)Nc1ccccc1CC. The van der Waals surface area contributed by atoms with Crippen LogP contribution in [0.25, 0.3) is 0 Å². The van der Waals surface area contributed by atoms with Crippen molar-refractivity contribution in [2.45, 2.75) is 20.3 Å². The summed E-state index contributed by atoms with van der Waals surface area (Å²) in [6.07, 6.45) is 4.27. The Kier molecular flexibility index (Phi) is 4.41. The summed E-state index contributed by atoms with van der Waals surface area (Å²) in [7, 11) is 0. The van der Waals surface area contributed by atoms with E-state index in [9.17, 15) is 4.79 Å². The fourth-order valence-corrected chi connectivity index (χ4v) is 1.27. The Labute approximate surface area is 90.2 Å². The maximum Gasteiger partial charge on any atom is 0.323 e. The van der Waals surface area contributed by atoms with Gasteiger partial charge < -0.3 is 10.6 Å². The Bertz CT molecular complexity index is 358. The average molecular weight is 204 g/mol. The van der Waals surface area contributed by atoms with Gasteiger partial charge in [-0.15, -0.1) is 0 Å². The van der Waals surface area contributed by atoms with E-state index in [2.05, 4.69) is 17.6 Å². The van der Waals surface area contributed by atoms with Crippen molar-refractivity contribution in [2.24, 2.45) is 0 Å². The molecule has 80 valence electrons. The number of amides is 2. The zero-order valence-corrected chi connectivity index (χ0v) is 9.08. The lowest BCUT2D eigenvalue weighted by Crippen LogP contribution is -2.24. The van der Waals surface area contributed by atoms with E-state index in [1.807, 2.05) is 31.2 Å². The van der Waals surface area contributed by atoms with E-state index in [0.29, 0.717) is 0 Å². The molecule has 3 heteroatoms. The number of hydrogen-bond acceptors (Lipinski definition) is 1. The molecule has 1 aromatic rings. The van der Waals surface area contributed by atoms with Gasteiger partial charge in [0, 0.05) is 11.9 Å². The summed E-state index contributed by atoms with van der Waals surface area (Å²) in [5, 5.41) is 5.40. The van der Waals surface area contributed by atoms with E-state index in [1.54, 1.807) is 12.3 Å². The highest BCUT2D eigenvalue weighted by molar-refractivity contribution is 5.90. The highest BCUT2D eigenvalue weighted by Gasteiger charge is 2.02. The second kappa shape index (κ2) is 5.86. The Hall–Kier alpha value is -1.77. The third kappa shape index (κ3) is 3.46. The molecule has 3 nitrogen and oxygen atoms in total. The number of aryl methyl sites for hydroxylation is 1. The lowest BCUT2D eigenvalue weighted by Gasteiger charge is -2.08. The molecule has 0 unspecified atom stereocenters. The van der Waals surface area contributed by atoms with Crippen molar-refractivity contribution in [2.75, 3.05) is 5.32 Å². The molecule has 0 saturated carbocycles. The third-order valence-electron chi connectivity index (χ3n) is 2.03. The van der Waals surface area contributed by atoms with E-state index >= 15 is 0 Å². The first-order chi connectivity index (χ1) is 7.27. The van der Waals surface area contributed by atoms with Crippen LogP contribution in [0.3, 0.4) is 0 Å². The van der Waals surface area contributed by atoms with E-state index in [0.717, 1.165) is 17.7 Å². The largest absolute Gasteiger partial charge is 0.323 e. The molecule has 0 fully saturated rings. The molecule has 0 spiro atoms. The molecular weight excluding hydrogens is 188 g/mol. The smallest absolute Gasteiger partial charge is 0.315 e. The molecule has 0 aliphatic rings. The topological polar surface area (TPSA) is 41.1 Å². The van der Waals surface area contributed by atoms with Crippen LogP contribution in [0.15, 0.2) is 36.5 Å². The Balaban J connectivity index is 2.67. The standard InChI is InChI=1S/C12H16N2O/c1-3-9-13-12(15)14-11-8-6-5-7-10(11)4-2/h3,5-9H,4H2,1-2H3,(H2,13,14,15)/b9-3+. The molecule has 0 saturated heterocycles. The predicted octanol–water partition coefficient (Wildman–Crippen LogP) is 2.90.